The second kappa shape index (κ2) is 7.82. The number of carbonyl (C=O) groups is 2. The Morgan fingerprint density at radius 2 is 1.52 bits per heavy atom. The van der Waals surface area contributed by atoms with Gasteiger partial charge < -0.3 is 5.32 Å². The van der Waals surface area contributed by atoms with Crippen molar-refractivity contribution in [2.75, 3.05) is 5.32 Å². The van der Waals surface area contributed by atoms with Crippen molar-refractivity contribution < 1.29 is 14.5 Å². The lowest BCUT2D eigenvalue weighted by Crippen LogP contribution is -2.19. The van der Waals surface area contributed by atoms with Crippen molar-refractivity contribution in [3.63, 3.8) is 0 Å². The number of nitrogens with one attached hydrogen (secondary N) is 2. The van der Waals surface area contributed by atoms with Gasteiger partial charge in [-0.25, -0.2) is 5.43 Å². The van der Waals surface area contributed by atoms with Crippen LogP contribution >= 0.6 is 0 Å². The van der Waals surface area contributed by atoms with Crippen molar-refractivity contribution in [2.24, 2.45) is 5.10 Å². The molecule has 0 aliphatic carbocycles. The monoisotopic (exact) mass is 340 g/mol. The number of benzene rings is 2. The number of nitrogens with zero attached hydrogens (tertiary/aromatic N) is 2. The second-order valence-electron chi connectivity index (χ2n) is 5.20. The van der Waals surface area contributed by atoms with Crippen LogP contribution in [0.25, 0.3) is 0 Å². The zero-order chi connectivity index (χ0) is 18.4. The number of anilines is 1. The smallest absolute Gasteiger partial charge is 0.271 e. The first-order valence-corrected chi connectivity index (χ1v) is 7.34. The fraction of sp³-hybridized carbons (Fsp3) is 0.118. The minimum Gasteiger partial charge on any atom is -0.326 e. The first kappa shape index (κ1) is 17.8. The van der Waals surface area contributed by atoms with Gasteiger partial charge in [0.05, 0.1) is 10.6 Å². The van der Waals surface area contributed by atoms with E-state index in [1.807, 2.05) is 0 Å². The van der Waals surface area contributed by atoms with Crippen LogP contribution in [0.5, 0.6) is 0 Å². The lowest BCUT2D eigenvalue weighted by Gasteiger charge is -2.05. The number of amides is 2. The van der Waals surface area contributed by atoms with Crippen molar-refractivity contribution in [3.05, 3.63) is 69.8 Å². The van der Waals surface area contributed by atoms with Crippen LogP contribution in [-0.4, -0.2) is 22.4 Å². The molecular weight excluding hydrogens is 324 g/mol. The molecule has 25 heavy (non-hydrogen) atoms. The maximum Gasteiger partial charge on any atom is 0.271 e. The van der Waals surface area contributed by atoms with E-state index in [0.29, 0.717) is 22.5 Å². The van der Waals surface area contributed by atoms with Crippen LogP contribution in [0.4, 0.5) is 11.4 Å². The third kappa shape index (κ3) is 4.96. The van der Waals surface area contributed by atoms with Gasteiger partial charge in [0.15, 0.2) is 0 Å². The van der Waals surface area contributed by atoms with Gasteiger partial charge in [0, 0.05) is 30.3 Å². The molecular formula is C17H16N4O4. The standard InChI is InChI=1S/C17H16N4O4/c1-11(13-5-9-16(10-6-13)21(24)25)19-20-17(23)14-3-7-15(8-4-14)18-12(2)22/h3-10H,1-2H3,(H,18,22)(H,20,23)/b19-11-. The summed E-state index contributed by atoms with van der Waals surface area (Å²) >= 11 is 0. The average molecular weight is 340 g/mol. The maximum atomic E-state index is 12.1. The van der Waals surface area contributed by atoms with Gasteiger partial charge in [-0.15, -0.1) is 0 Å². The molecule has 0 atom stereocenters. The van der Waals surface area contributed by atoms with E-state index < -0.39 is 10.8 Å². The Hall–Kier alpha value is -3.55. The van der Waals surface area contributed by atoms with Crippen LogP contribution in [0.3, 0.4) is 0 Å². The van der Waals surface area contributed by atoms with E-state index in [1.165, 1.54) is 19.1 Å². The van der Waals surface area contributed by atoms with Crippen molar-refractivity contribution in [2.45, 2.75) is 13.8 Å². The van der Waals surface area contributed by atoms with E-state index in [0.717, 1.165) is 0 Å². The fourth-order valence-electron chi connectivity index (χ4n) is 2.00. The summed E-state index contributed by atoms with van der Waals surface area (Å²) in [5.41, 5.74) is 4.56. The van der Waals surface area contributed by atoms with E-state index in [4.69, 9.17) is 0 Å². The molecule has 0 aliphatic rings. The van der Waals surface area contributed by atoms with Gasteiger partial charge in [0.2, 0.25) is 5.91 Å². The Kier molecular flexibility index (Phi) is 5.57. The van der Waals surface area contributed by atoms with E-state index in [9.17, 15) is 19.7 Å². The number of hydrazone groups is 1. The molecule has 0 spiro atoms. The third-order valence-electron chi connectivity index (χ3n) is 3.29. The van der Waals surface area contributed by atoms with Crippen molar-refractivity contribution in [1.82, 2.24) is 5.43 Å². The average Bonchev–Trinajstić information content (AvgIpc) is 2.59. The molecule has 0 aliphatic heterocycles. The number of rotatable bonds is 5. The molecule has 0 unspecified atom stereocenters. The fourth-order valence-corrected chi connectivity index (χ4v) is 2.00. The molecule has 0 radical (unpaired) electrons. The topological polar surface area (TPSA) is 114 Å². The molecule has 128 valence electrons. The Bertz CT molecular complexity index is 827. The second-order valence-corrected chi connectivity index (χ2v) is 5.20. The van der Waals surface area contributed by atoms with Crippen LogP contribution in [-0.2, 0) is 4.79 Å². The first-order valence-electron chi connectivity index (χ1n) is 7.34. The van der Waals surface area contributed by atoms with Gasteiger partial charge in [-0.1, -0.05) is 0 Å². The zero-order valence-electron chi connectivity index (χ0n) is 13.6. The van der Waals surface area contributed by atoms with Crippen LogP contribution in [0.2, 0.25) is 0 Å². The molecule has 0 heterocycles. The molecule has 8 nitrogen and oxygen atoms in total. The molecule has 2 amide bonds. The maximum absolute atomic E-state index is 12.1. The summed E-state index contributed by atoms with van der Waals surface area (Å²) in [6.45, 7) is 3.08. The van der Waals surface area contributed by atoms with E-state index in [1.54, 1.807) is 43.3 Å². The SMILES string of the molecule is CC(=O)Nc1ccc(C(=O)N/N=C(/C)c2ccc([N+](=O)[O-])cc2)cc1. The number of non-ortho nitro benzene ring substituents is 1. The van der Waals surface area contributed by atoms with E-state index in [-0.39, 0.29) is 11.6 Å². The number of nitro groups is 1. The summed E-state index contributed by atoms with van der Waals surface area (Å²) in [7, 11) is 0. The van der Waals surface area contributed by atoms with Gasteiger partial charge in [0.25, 0.3) is 11.6 Å². The highest BCUT2D eigenvalue weighted by Gasteiger charge is 2.07. The summed E-state index contributed by atoms with van der Waals surface area (Å²) in [6.07, 6.45) is 0. The molecule has 2 rings (SSSR count). The van der Waals surface area contributed by atoms with Crippen molar-refractivity contribution in [3.8, 4) is 0 Å². The molecule has 0 bridgehead atoms. The number of carbonyl (C=O) groups excluding carboxylic acids is 2. The quantitative estimate of drug-likeness (QED) is 0.495. The predicted octanol–water partition coefficient (Wildman–Crippen LogP) is 2.71. The number of hydrogen-bond acceptors (Lipinski definition) is 5. The molecule has 0 saturated heterocycles. The highest BCUT2D eigenvalue weighted by atomic mass is 16.6. The van der Waals surface area contributed by atoms with E-state index >= 15 is 0 Å². The number of nitro benzene ring substituents is 1. The number of hydrogen-bond donors (Lipinski definition) is 2. The molecule has 0 fully saturated rings. The molecule has 8 heteroatoms. The van der Waals surface area contributed by atoms with Gasteiger partial charge in [-0.2, -0.15) is 5.10 Å². The van der Waals surface area contributed by atoms with Gasteiger partial charge in [0.1, 0.15) is 0 Å². The van der Waals surface area contributed by atoms with Gasteiger partial charge in [-0.3, -0.25) is 19.7 Å². The van der Waals surface area contributed by atoms with Crippen molar-refractivity contribution >= 4 is 28.9 Å². The van der Waals surface area contributed by atoms with Crippen LogP contribution in [0.15, 0.2) is 53.6 Å². The third-order valence-corrected chi connectivity index (χ3v) is 3.29. The molecule has 0 aromatic heterocycles. The Balaban J connectivity index is 2.03. The van der Waals surface area contributed by atoms with Crippen LogP contribution in [0.1, 0.15) is 29.8 Å². The zero-order valence-corrected chi connectivity index (χ0v) is 13.6. The molecule has 2 aromatic rings. The Labute approximate surface area is 143 Å². The van der Waals surface area contributed by atoms with E-state index in [2.05, 4.69) is 15.8 Å². The lowest BCUT2D eigenvalue weighted by molar-refractivity contribution is -0.384. The van der Waals surface area contributed by atoms with Crippen LogP contribution in [0, 0.1) is 10.1 Å². The summed E-state index contributed by atoms with van der Waals surface area (Å²) in [6, 6.07) is 12.2. The van der Waals surface area contributed by atoms with Crippen LogP contribution < -0.4 is 10.7 Å². The van der Waals surface area contributed by atoms with Crippen molar-refractivity contribution in [1.29, 1.82) is 0 Å². The minimum absolute atomic E-state index is 0.0140. The normalized spacial score (nSPS) is 10.9. The molecule has 2 N–H and O–H groups in total. The highest BCUT2D eigenvalue weighted by Crippen LogP contribution is 2.13. The predicted molar refractivity (Wildman–Crippen MR) is 93.5 cm³/mol. The first-order chi connectivity index (χ1) is 11.9. The minimum atomic E-state index is -0.483. The Morgan fingerprint density at radius 1 is 0.960 bits per heavy atom. The summed E-state index contributed by atoms with van der Waals surface area (Å²) < 4.78 is 0. The summed E-state index contributed by atoms with van der Waals surface area (Å²) in [5.74, 6) is -0.601. The largest absolute Gasteiger partial charge is 0.326 e. The molecule has 2 aromatic carbocycles. The molecule has 0 saturated carbocycles. The van der Waals surface area contributed by atoms with Gasteiger partial charge >= 0.3 is 0 Å². The summed E-state index contributed by atoms with van der Waals surface area (Å²) in [5, 5.41) is 17.2. The van der Waals surface area contributed by atoms with Gasteiger partial charge in [-0.05, 0) is 48.9 Å². The Morgan fingerprint density at radius 3 is 2.04 bits per heavy atom. The summed E-state index contributed by atoms with van der Waals surface area (Å²) in [4.78, 5) is 33.2. The highest BCUT2D eigenvalue weighted by molar-refractivity contribution is 6.01. The lowest BCUT2D eigenvalue weighted by atomic mass is 10.1.